The Hall–Kier alpha value is -2.01. The number of fused-ring (bicyclic) bond motifs is 7. The molecular weight excluding hydrogens is 406 g/mol. The molecule has 5 atom stereocenters. The van der Waals surface area contributed by atoms with Gasteiger partial charge in [-0.1, -0.05) is 15.9 Å². The van der Waals surface area contributed by atoms with Gasteiger partial charge in [0, 0.05) is 15.7 Å². The highest BCUT2D eigenvalue weighted by Gasteiger charge is 2.54. The molecule has 1 aliphatic heterocycles. The zero-order valence-corrected chi connectivity index (χ0v) is 16.7. The van der Waals surface area contributed by atoms with Crippen molar-refractivity contribution in [2.24, 2.45) is 17.8 Å². The molecule has 1 heterocycles. The van der Waals surface area contributed by atoms with Crippen molar-refractivity contribution in [1.82, 2.24) is 0 Å². The number of nitrogens with one attached hydrogen (secondary N) is 1. The number of carboxylic acids is 1. The number of anilines is 1. The van der Waals surface area contributed by atoms with Gasteiger partial charge in [0.2, 0.25) is 0 Å². The van der Waals surface area contributed by atoms with Crippen molar-refractivity contribution in [3.8, 4) is 5.75 Å². The van der Waals surface area contributed by atoms with Crippen molar-refractivity contribution >= 4 is 27.6 Å². The van der Waals surface area contributed by atoms with Crippen molar-refractivity contribution in [1.29, 1.82) is 0 Å². The van der Waals surface area contributed by atoms with Crippen molar-refractivity contribution in [3.05, 3.63) is 57.6 Å². The molecule has 2 aliphatic carbocycles. The second-order valence-electron chi connectivity index (χ2n) is 8.05. The topological polar surface area (TPSA) is 58.6 Å². The minimum Gasteiger partial charge on any atom is -0.496 e. The van der Waals surface area contributed by atoms with Crippen molar-refractivity contribution in [2.75, 3.05) is 12.4 Å². The lowest BCUT2D eigenvalue weighted by atomic mass is 9.67. The lowest BCUT2D eigenvalue weighted by Gasteiger charge is -2.44. The van der Waals surface area contributed by atoms with Crippen LogP contribution in [0.2, 0.25) is 0 Å². The summed E-state index contributed by atoms with van der Waals surface area (Å²) in [6.45, 7) is 0. The summed E-state index contributed by atoms with van der Waals surface area (Å²) in [5.41, 5.74) is 3.83. The van der Waals surface area contributed by atoms with Gasteiger partial charge in [0.25, 0.3) is 0 Å². The van der Waals surface area contributed by atoms with Crippen LogP contribution in [0.25, 0.3) is 0 Å². The van der Waals surface area contributed by atoms with Gasteiger partial charge in [0.05, 0.1) is 18.7 Å². The van der Waals surface area contributed by atoms with Crippen LogP contribution in [0.15, 0.2) is 40.9 Å². The van der Waals surface area contributed by atoms with Crippen LogP contribution in [-0.4, -0.2) is 18.2 Å². The normalized spacial score (nSPS) is 30.4. The Morgan fingerprint density at radius 2 is 1.96 bits per heavy atom. The summed E-state index contributed by atoms with van der Waals surface area (Å²) in [5.74, 6) is 2.29. The Labute approximate surface area is 167 Å². The lowest BCUT2D eigenvalue weighted by molar-refractivity contribution is 0.0696. The molecule has 2 N–H and O–H groups in total. The number of hydrogen-bond donors (Lipinski definition) is 2. The molecule has 27 heavy (non-hydrogen) atoms. The van der Waals surface area contributed by atoms with Crippen molar-refractivity contribution < 1.29 is 14.6 Å². The highest BCUT2D eigenvalue weighted by atomic mass is 79.9. The zero-order valence-electron chi connectivity index (χ0n) is 15.1. The van der Waals surface area contributed by atoms with Gasteiger partial charge in [-0.2, -0.15) is 0 Å². The Kier molecular flexibility index (Phi) is 3.97. The van der Waals surface area contributed by atoms with Gasteiger partial charge in [0.1, 0.15) is 5.75 Å². The molecule has 2 aromatic rings. The van der Waals surface area contributed by atoms with Crippen molar-refractivity contribution in [3.63, 3.8) is 0 Å². The SMILES string of the molecule is COc1ccc(Br)cc1[C@H]1Nc2ccc(C(=O)O)cc2[C@H]2[C@H]3CC[C@H](C3)[C@@H]21. The summed E-state index contributed by atoms with van der Waals surface area (Å²) in [5, 5.41) is 13.2. The smallest absolute Gasteiger partial charge is 0.335 e. The van der Waals surface area contributed by atoms with Crippen LogP contribution in [0, 0.1) is 17.8 Å². The van der Waals surface area contributed by atoms with E-state index in [1.165, 1.54) is 30.4 Å². The molecule has 0 spiro atoms. The minimum atomic E-state index is -0.853. The zero-order chi connectivity index (χ0) is 18.7. The number of aromatic carboxylic acids is 1. The molecule has 5 heteroatoms. The number of carbonyl (C=O) groups is 1. The first kappa shape index (κ1) is 17.1. The first-order chi connectivity index (χ1) is 13.1. The molecule has 0 saturated heterocycles. The molecule has 4 nitrogen and oxygen atoms in total. The summed E-state index contributed by atoms with van der Waals surface area (Å²) in [4.78, 5) is 11.5. The fourth-order valence-electron chi connectivity index (χ4n) is 5.88. The third-order valence-corrected chi connectivity index (χ3v) is 7.35. The standard InChI is InChI=1S/C22H22BrNO3/c1-27-18-7-5-14(23)10-16(18)21-20-12-3-2-11(8-12)19(20)15-9-13(22(25)26)4-6-17(15)24-21/h4-7,9-12,19-21,24H,2-3,8H2,1H3,(H,25,26)/t11-,12+,19+,20-,21+/m0/s1. The fourth-order valence-corrected chi connectivity index (χ4v) is 6.26. The summed E-state index contributed by atoms with van der Waals surface area (Å²) in [6.07, 6.45) is 3.78. The van der Waals surface area contributed by atoms with Crippen LogP contribution >= 0.6 is 15.9 Å². The summed E-state index contributed by atoms with van der Waals surface area (Å²) < 4.78 is 6.73. The van der Waals surface area contributed by atoms with E-state index in [0.29, 0.717) is 29.2 Å². The Bertz CT molecular complexity index is 928. The van der Waals surface area contributed by atoms with Crippen LogP contribution in [0.5, 0.6) is 5.75 Å². The third-order valence-electron chi connectivity index (χ3n) is 6.86. The van der Waals surface area contributed by atoms with Gasteiger partial charge >= 0.3 is 5.97 Å². The molecule has 0 aromatic heterocycles. The van der Waals surface area contributed by atoms with Crippen LogP contribution < -0.4 is 10.1 Å². The minimum absolute atomic E-state index is 0.181. The molecule has 0 amide bonds. The number of ether oxygens (including phenoxy) is 1. The average Bonchev–Trinajstić information content (AvgIpc) is 3.29. The number of methoxy groups -OCH3 is 1. The van der Waals surface area contributed by atoms with Gasteiger partial charge in [-0.15, -0.1) is 0 Å². The monoisotopic (exact) mass is 427 g/mol. The van der Waals surface area contributed by atoms with Crippen LogP contribution in [-0.2, 0) is 0 Å². The van der Waals surface area contributed by atoms with E-state index in [4.69, 9.17) is 4.74 Å². The van der Waals surface area contributed by atoms with E-state index in [1.54, 1.807) is 13.2 Å². The van der Waals surface area contributed by atoms with Crippen LogP contribution in [0.1, 0.15) is 52.7 Å². The maximum absolute atomic E-state index is 11.5. The Morgan fingerprint density at radius 3 is 2.74 bits per heavy atom. The molecule has 3 aliphatic rings. The Morgan fingerprint density at radius 1 is 1.15 bits per heavy atom. The quantitative estimate of drug-likeness (QED) is 0.683. The van der Waals surface area contributed by atoms with Gasteiger partial charge in [-0.05, 0) is 84.9 Å². The molecule has 2 bridgehead atoms. The Balaban J connectivity index is 1.65. The van der Waals surface area contributed by atoms with Gasteiger partial charge in [-0.25, -0.2) is 4.79 Å². The van der Waals surface area contributed by atoms with Gasteiger partial charge in [-0.3, -0.25) is 0 Å². The predicted molar refractivity (Wildman–Crippen MR) is 108 cm³/mol. The first-order valence-corrected chi connectivity index (χ1v) is 10.3. The average molecular weight is 428 g/mol. The summed E-state index contributed by atoms with van der Waals surface area (Å²) in [7, 11) is 1.72. The lowest BCUT2D eigenvalue weighted by Crippen LogP contribution is -2.35. The second-order valence-corrected chi connectivity index (χ2v) is 8.97. The third kappa shape index (κ3) is 2.59. The van der Waals surface area contributed by atoms with E-state index in [0.717, 1.165) is 15.9 Å². The number of halogens is 1. The van der Waals surface area contributed by atoms with E-state index < -0.39 is 5.97 Å². The maximum Gasteiger partial charge on any atom is 0.335 e. The molecule has 2 aromatic carbocycles. The predicted octanol–water partition coefficient (Wildman–Crippen LogP) is 5.45. The molecule has 0 unspecified atom stereocenters. The molecule has 0 radical (unpaired) electrons. The van der Waals surface area contributed by atoms with E-state index in [1.807, 2.05) is 24.3 Å². The van der Waals surface area contributed by atoms with Crippen LogP contribution in [0.3, 0.4) is 0 Å². The highest BCUT2D eigenvalue weighted by molar-refractivity contribution is 9.10. The van der Waals surface area contributed by atoms with Crippen molar-refractivity contribution in [2.45, 2.75) is 31.2 Å². The number of benzene rings is 2. The molecule has 2 saturated carbocycles. The molecule has 140 valence electrons. The van der Waals surface area contributed by atoms with E-state index in [2.05, 4.69) is 27.3 Å². The van der Waals surface area contributed by atoms with Gasteiger partial charge < -0.3 is 15.2 Å². The van der Waals surface area contributed by atoms with Gasteiger partial charge in [0.15, 0.2) is 0 Å². The molecular formula is C22H22BrNO3. The maximum atomic E-state index is 11.5. The largest absolute Gasteiger partial charge is 0.496 e. The van der Waals surface area contributed by atoms with E-state index in [9.17, 15) is 9.90 Å². The fraction of sp³-hybridized carbons (Fsp3) is 0.409. The number of carboxylic acid groups (broad SMARTS) is 1. The molecule has 5 rings (SSSR count). The number of rotatable bonds is 3. The highest BCUT2D eigenvalue weighted by Crippen LogP contribution is 2.64. The second kappa shape index (κ2) is 6.26. The summed E-state index contributed by atoms with van der Waals surface area (Å²) >= 11 is 3.61. The van der Waals surface area contributed by atoms with E-state index in [-0.39, 0.29) is 6.04 Å². The number of hydrogen-bond acceptors (Lipinski definition) is 3. The summed E-state index contributed by atoms with van der Waals surface area (Å²) in [6, 6.07) is 11.9. The van der Waals surface area contributed by atoms with Crippen LogP contribution in [0.4, 0.5) is 5.69 Å². The molecule has 2 fully saturated rings. The van der Waals surface area contributed by atoms with E-state index >= 15 is 0 Å². The first-order valence-electron chi connectivity index (χ1n) is 9.54.